The van der Waals surface area contributed by atoms with Gasteiger partial charge in [-0.2, -0.15) is 9.78 Å². The topological polar surface area (TPSA) is 85.9 Å². The molecule has 0 atom stereocenters. The summed E-state index contributed by atoms with van der Waals surface area (Å²) in [6, 6.07) is 5.71. The van der Waals surface area contributed by atoms with Crippen LogP contribution < -0.4 is 5.73 Å². The Morgan fingerprint density at radius 3 is 2.86 bits per heavy atom. The number of aromatic nitrogens is 3. The van der Waals surface area contributed by atoms with Gasteiger partial charge < -0.3 is 15.5 Å². The molecule has 114 valence electrons. The van der Waals surface area contributed by atoms with E-state index >= 15 is 0 Å². The summed E-state index contributed by atoms with van der Waals surface area (Å²) in [5, 5.41) is 5.07. The van der Waals surface area contributed by atoms with Gasteiger partial charge in [0.2, 0.25) is 0 Å². The number of para-hydroxylation sites is 1. The van der Waals surface area contributed by atoms with Gasteiger partial charge in [0, 0.05) is 28.9 Å². The summed E-state index contributed by atoms with van der Waals surface area (Å²) in [5.74, 6) is 0. The Balaban J connectivity index is 1.96. The van der Waals surface area contributed by atoms with Crippen molar-refractivity contribution in [3.8, 4) is 11.1 Å². The van der Waals surface area contributed by atoms with Gasteiger partial charge in [-0.15, -0.1) is 0 Å². The van der Waals surface area contributed by atoms with Crippen LogP contribution in [0, 0.1) is 0 Å². The molecule has 0 amide bonds. The van der Waals surface area contributed by atoms with Crippen molar-refractivity contribution < 1.29 is 9.53 Å². The van der Waals surface area contributed by atoms with E-state index in [1.165, 1.54) is 4.68 Å². The van der Waals surface area contributed by atoms with Gasteiger partial charge in [0.05, 0.1) is 17.4 Å². The Hall–Kier alpha value is -2.76. The molecule has 22 heavy (non-hydrogen) atoms. The second-order valence-corrected chi connectivity index (χ2v) is 6.13. The molecule has 0 aliphatic rings. The highest BCUT2D eigenvalue weighted by Crippen LogP contribution is 2.30. The Morgan fingerprint density at radius 2 is 2.14 bits per heavy atom. The average molecular weight is 298 g/mol. The summed E-state index contributed by atoms with van der Waals surface area (Å²) in [6.45, 7) is 5.45. The van der Waals surface area contributed by atoms with Gasteiger partial charge in [-0.1, -0.05) is 12.1 Å². The zero-order chi connectivity index (χ0) is 15.9. The molecule has 0 radical (unpaired) electrons. The smallest absolute Gasteiger partial charge is 0.435 e. The molecule has 6 nitrogen and oxygen atoms in total. The average Bonchev–Trinajstić information content (AvgIpc) is 3.03. The number of nitrogens with two attached hydrogens (primary N) is 1. The number of H-pyrrole nitrogens is 1. The van der Waals surface area contributed by atoms with Crippen molar-refractivity contribution in [3.05, 3.63) is 36.8 Å². The predicted molar refractivity (Wildman–Crippen MR) is 85.6 cm³/mol. The molecule has 0 fully saturated rings. The number of benzene rings is 1. The molecule has 0 saturated heterocycles. The second kappa shape index (κ2) is 4.91. The van der Waals surface area contributed by atoms with Crippen molar-refractivity contribution in [2.24, 2.45) is 0 Å². The number of hydrogen-bond donors (Lipinski definition) is 2. The maximum atomic E-state index is 12.0. The minimum atomic E-state index is -0.557. The molecular weight excluding hydrogens is 280 g/mol. The molecule has 3 aromatic rings. The van der Waals surface area contributed by atoms with Crippen molar-refractivity contribution in [2.75, 3.05) is 5.73 Å². The van der Waals surface area contributed by atoms with E-state index in [-0.39, 0.29) is 0 Å². The lowest BCUT2D eigenvalue weighted by Gasteiger charge is -2.18. The molecule has 1 aromatic carbocycles. The number of nitrogen functional groups attached to an aromatic ring is 1. The standard InChI is InChI=1S/C16H18N4O2/c1-16(2,3)22-15(21)20-9-10(7-19-20)12-8-18-14-11(12)5-4-6-13(14)17/h4-9,18H,17H2,1-3H3. The van der Waals surface area contributed by atoms with Crippen LogP contribution in [0.25, 0.3) is 22.0 Å². The minimum absolute atomic E-state index is 0.502. The van der Waals surface area contributed by atoms with Crippen molar-refractivity contribution in [1.29, 1.82) is 0 Å². The molecule has 2 heterocycles. The number of nitrogens with one attached hydrogen (secondary N) is 1. The fourth-order valence-electron chi connectivity index (χ4n) is 2.29. The molecule has 0 bridgehead atoms. The molecule has 0 aliphatic heterocycles. The van der Waals surface area contributed by atoms with Gasteiger partial charge in [0.1, 0.15) is 5.60 Å². The summed E-state index contributed by atoms with van der Waals surface area (Å²) in [6.07, 6.45) is 4.64. The first-order valence-corrected chi connectivity index (χ1v) is 6.99. The van der Waals surface area contributed by atoms with Crippen LogP contribution in [0.3, 0.4) is 0 Å². The molecule has 2 aromatic heterocycles. The lowest BCUT2D eigenvalue weighted by Crippen LogP contribution is -2.27. The number of carbonyl (C=O) groups is 1. The molecule has 3 N–H and O–H groups in total. The molecule has 0 aliphatic carbocycles. The van der Waals surface area contributed by atoms with Gasteiger partial charge in [-0.3, -0.25) is 0 Å². The van der Waals surface area contributed by atoms with Gasteiger partial charge in [0.25, 0.3) is 0 Å². The van der Waals surface area contributed by atoms with E-state index < -0.39 is 11.7 Å². The van der Waals surface area contributed by atoms with Crippen molar-refractivity contribution in [1.82, 2.24) is 14.8 Å². The zero-order valence-corrected chi connectivity index (χ0v) is 12.8. The van der Waals surface area contributed by atoms with E-state index in [1.54, 1.807) is 12.4 Å². The van der Waals surface area contributed by atoms with Crippen LogP contribution in [0.4, 0.5) is 10.5 Å². The molecular formula is C16H18N4O2. The summed E-state index contributed by atoms with van der Waals surface area (Å²) >= 11 is 0. The highest BCUT2D eigenvalue weighted by molar-refractivity contribution is 6.00. The first kappa shape index (κ1) is 14.2. The van der Waals surface area contributed by atoms with E-state index in [2.05, 4.69) is 10.1 Å². The fourth-order valence-corrected chi connectivity index (χ4v) is 2.29. The first-order chi connectivity index (χ1) is 10.3. The maximum Gasteiger partial charge on any atom is 0.435 e. The fraction of sp³-hybridized carbons (Fsp3) is 0.250. The highest BCUT2D eigenvalue weighted by atomic mass is 16.6. The predicted octanol–water partition coefficient (Wildman–Crippen LogP) is 3.40. The van der Waals surface area contributed by atoms with Gasteiger partial charge >= 0.3 is 6.09 Å². The lowest BCUT2D eigenvalue weighted by atomic mass is 10.1. The summed E-state index contributed by atoms with van der Waals surface area (Å²) in [7, 11) is 0. The Kier molecular flexibility index (Phi) is 3.16. The first-order valence-electron chi connectivity index (χ1n) is 6.99. The van der Waals surface area contributed by atoms with E-state index in [4.69, 9.17) is 10.5 Å². The monoisotopic (exact) mass is 298 g/mol. The van der Waals surface area contributed by atoms with Crippen molar-refractivity contribution in [2.45, 2.75) is 26.4 Å². The van der Waals surface area contributed by atoms with Gasteiger partial charge in [0.15, 0.2) is 0 Å². The Bertz CT molecular complexity index is 839. The SMILES string of the molecule is CC(C)(C)OC(=O)n1cc(-c2c[nH]c3c(N)cccc23)cn1. The number of nitrogens with zero attached hydrogens (tertiary/aromatic N) is 2. The molecule has 6 heteroatoms. The quantitative estimate of drug-likeness (QED) is 0.674. The number of carbonyl (C=O) groups excluding carboxylic acids is 1. The lowest BCUT2D eigenvalue weighted by molar-refractivity contribution is 0.0514. The second-order valence-electron chi connectivity index (χ2n) is 6.13. The van der Waals surface area contributed by atoms with Crippen LogP contribution in [0.15, 0.2) is 36.8 Å². The molecule has 0 spiro atoms. The largest absolute Gasteiger partial charge is 0.442 e. The number of ether oxygens (including phenoxy) is 1. The molecule has 3 rings (SSSR count). The number of anilines is 1. The van der Waals surface area contributed by atoms with Crippen molar-refractivity contribution >= 4 is 22.7 Å². The van der Waals surface area contributed by atoms with Crippen LogP contribution >= 0.6 is 0 Å². The number of hydrogen-bond acceptors (Lipinski definition) is 4. The normalized spacial score (nSPS) is 11.8. The van der Waals surface area contributed by atoms with Crippen LogP contribution in [-0.4, -0.2) is 26.5 Å². The van der Waals surface area contributed by atoms with E-state index in [1.807, 2.05) is 45.2 Å². The third-order valence-corrected chi connectivity index (χ3v) is 3.22. The third-order valence-electron chi connectivity index (χ3n) is 3.22. The number of rotatable bonds is 1. The highest BCUT2D eigenvalue weighted by Gasteiger charge is 2.19. The minimum Gasteiger partial charge on any atom is -0.442 e. The van der Waals surface area contributed by atoms with E-state index in [0.717, 1.165) is 22.0 Å². The van der Waals surface area contributed by atoms with Gasteiger partial charge in [-0.05, 0) is 26.8 Å². The summed E-state index contributed by atoms with van der Waals surface area (Å²) in [4.78, 5) is 15.2. The maximum absolute atomic E-state index is 12.0. The number of fused-ring (bicyclic) bond motifs is 1. The third kappa shape index (κ3) is 2.55. The molecule has 0 saturated carbocycles. The van der Waals surface area contributed by atoms with E-state index in [0.29, 0.717) is 5.69 Å². The van der Waals surface area contributed by atoms with Crippen LogP contribution in [0.1, 0.15) is 20.8 Å². The zero-order valence-electron chi connectivity index (χ0n) is 12.8. The summed E-state index contributed by atoms with van der Waals surface area (Å²) < 4.78 is 6.49. The van der Waals surface area contributed by atoms with Crippen LogP contribution in [0.5, 0.6) is 0 Å². The summed E-state index contributed by atoms with van der Waals surface area (Å²) in [5.41, 5.74) is 8.71. The molecule has 0 unspecified atom stereocenters. The van der Waals surface area contributed by atoms with E-state index in [9.17, 15) is 4.79 Å². The Morgan fingerprint density at radius 1 is 1.36 bits per heavy atom. The Labute approximate surface area is 127 Å². The van der Waals surface area contributed by atoms with Crippen molar-refractivity contribution in [3.63, 3.8) is 0 Å². The van der Waals surface area contributed by atoms with Crippen LogP contribution in [0.2, 0.25) is 0 Å². The van der Waals surface area contributed by atoms with Gasteiger partial charge in [-0.25, -0.2) is 4.79 Å². The van der Waals surface area contributed by atoms with Crippen LogP contribution in [-0.2, 0) is 4.74 Å². The number of aromatic amines is 1.